The van der Waals surface area contributed by atoms with E-state index in [-0.39, 0.29) is 6.10 Å². The van der Waals surface area contributed by atoms with E-state index in [2.05, 4.69) is 31.3 Å². The molecule has 0 bridgehead atoms. The van der Waals surface area contributed by atoms with Gasteiger partial charge >= 0.3 is 0 Å². The van der Waals surface area contributed by atoms with Crippen molar-refractivity contribution in [1.82, 2.24) is 19.9 Å². The predicted octanol–water partition coefficient (Wildman–Crippen LogP) is 4.48. The molecule has 7 heteroatoms. The first-order chi connectivity index (χ1) is 13.7. The first kappa shape index (κ1) is 17.1. The number of rotatable bonds is 5. The number of aromatic nitrogens is 4. The van der Waals surface area contributed by atoms with Crippen LogP contribution in [0.15, 0.2) is 55.0 Å². The summed E-state index contributed by atoms with van der Waals surface area (Å²) in [6.45, 7) is 1.96. The van der Waals surface area contributed by atoms with Crippen molar-refractivity contribution in [3.05, 3.63) is 60.7 Å². The molecule has 1 fully saturated rings. The average molecular weight is 389 g/mol. The smallest absolute Gasteiger partial charge is 0.240 e. The molecule has 0 unspecified atom stereocenters. The zero-order valence-corrected chi connectivity index (χ0v) is 16.2. The van der Waals surface area contributed by atoms with Gasteiger partial charge in [-0.05, 0) is 31.2 Å². The van der Waals surface area contributed by atoms with E-state index in [1.807, 2.05) is 37.3 Å². The average Bonchev–Trinajstić information content (AvgIpc) is 3.09. The van der Waals surface area contributed by atoms with Gasteiger partial charge in [0.15, 0.2) is 5.13 Å². The van der Waals surface area contributed by atoms with Gasteiger partial charge < -0.3 is 10.1 Å². The number of hydrogen-bond donors (Lipinski definition) is 1. The molecule has 0 spiro atoms. The van der Waals surface area contributed by atoms with Gasteiger partial charge in [0.25, 0.3) is 0 Å². The summed E-state index contributed by atoms with van der Waals surface area (Å²) in [6, 6.07) is 12.5. The van der Waals surface area contributed by atoms with Crippen LogP contribution in [0.2, 0.25) is 0 Å². The van der Waals surface area contributed by atoms with Crippen LogP contribution in [0.5, 0.6) is 5.88 Å². The molecule has 1 saturated carbocycles. The van der Waals surface area contributed by atoms with Crippen molar-refractivity contribution in [2.45, 2.75) is 31.9 Å². The highest BCUT2D eigenvalue weighted by Gasteiger charge is 2.32. The van der Waals surface area contributed by atoms with Crippen molar-refractivity contribution in [2.75, 3.05) is 5.32 Å². The van der Waals surface area contributed by atoms with E-state index < -0.39 is 0 Å². The van der Waals surface area contributed by atoms with Gasteiger partial charge in [0.1, 0.15) is 11.8 Å². The Morgan fingerprint density at radius 3 is 2.75 bits per heavy atom. The first-order valence-corrected chi connectivity index (χ1v) is 10.1. The van der Waals surface area contributed by atoms with E-state index in [9.17, 15) is 0 Å². The molecule has 140 valence electrons. The fourth-order valence-electron chi connectivity index (χ4n) is 3.35. The third-order valence-electron chi connectivity index (χ3n) is 4.83. The number of hydrogen-bond acceptors (Lipinski definition) is 7. The van der Waals surface area contributed by atoms with Gasteiger partial charge in [-0.1, -0.05) is 23.5 Å². The molecule has 1 aliphatic carbocycles. The zero-order chi connectivity index (χ0) is 18.9. The van der Waals surface area contributed by atoms with Crippen LogP contribution in [0.4, 0.5) is 5.13 Å². The molecule has 3 heterocycles. The Morgan fingerprint density at radius 2 is 1.89 bits per heavy atom. The molecule has 0 amide bonds. The summed E-state index contributed by atoms with van der Waals surface area (Å²) in [5, 5.41) is 4.49. The highest BCUT2D eigenvalue weighted by Crippen LogP contribution is 2.33. The van der Waals surface area contributed by atoms with E-state index >= 15 is 0 Å². The minimum atomic E-state index is 0.130. The van der Waals surface area contributed by atoms with E-state index in [4.69, 9.17) is 4.74 Å². The lowest BCUT2D eigenvalue weighted by molar-refractivity contribution is 0.103. The number of benzene rings is 1. The second kappa shape index (κ2) is 7.16. The number of ether oxygens (including phenoxy) is 1. The lowest BCUT2D eigenvalue weighted by atomic mass is 9.89. The molecule has 1 N–H and O–H groups in total. The molecule has 0 saturated heterocycles. The number of para-hydroxylation sites is 1. The fourth-order valence-corrected chi connectivity index (χ4v) is 4.29. The molecule has 0 atom stereocenters. The van der Waals surface area contributed by atoms with Crippen molar-refractivity contribution >= 4 is 26.7 Å². The molecule has 3 aromatic heterocycles. The van der Waals surface area contributed by atoms with Crippen LogP contribution < -0.4 is 10.1 Å². The van der Waals surface area contributed by atoms with Gasteiger partial charge in [-0.25, -0.2) is 15.0 Å². The Balaban J connectivity index is 1.24. The quantitative estimate of drug-likeness (QED) is 0.543. The third-order valence-corrected chi connectivity index (χ3v) is 5.80. The summed E-state index contributed by atoms with van der Waals surface area (Å²) in [5.74, 6) is 0.580. The molecular formula is C21H19N5OS. The van der Waals surface area contributed by atoms with Gasteiger partial charge in [-0.2, -0.15) is 0 Å². The lowest BCUT2D eigenvalue weighted by Gasteiger charge is -2.35. The zero-order valence-electron chi connectivity index (χ0n) is 15.4. The molecule has 1 aliphatic rings. The van der Waals surface area contributed by atoms with Crippen LogP contribution in [-0.4, -0.2) is 32.1 Å². The summed E-state index contributed by atoms with van der Waals surface area (Å²) in [6.07, 6.45) is 7.11. The van der Waals surface area contributed by atoms with Gasteiger partial charge in [-0.15, -0.1) is 0 Å². The van der Waals surface area contributed by atoms with Crippen molar-refractivity contribution in [3.63, 3.8) is 0 Å². The monoisotopic (exact) mass is 389 g/mol. The predicted molar refractivity (Wildman–Crippen MR) is 111 cm³/mol. The maximum Gasteiger partial charge on any atom is 0.240 e. The van der Waals surface area contributed by atoms with Crippen molar-refractivity contribution in [1.29, 1.82) is 0 Å². The summed E-state index contributed by atoms with van der Waals surface area (Å²) in [7, 11) is 0. The summed E-state index contributed by atoms with van der Waals surface area (Å²) in [4.78, 5) is 17.8. The molecule has 28 heavy (non-hydrogen) atoms. The van der Waals surface area contributed by atoms with Crippen molar-refractivity contribution in [2.24, 2.45) is 0 Å². The Bertz CT molecular complexity index is 1090. The van der Waals surface area contributed by atoms with Crippen LogP contribution in [-0.2, 0) is 0 Å². The van der Waals surface area contributed by atoms with Gasteiger partial charge in [0, 0.05) is 48.7 Å². The summed E-state index contributed by atoms with van der Waals surface area (Å²) < 4.78 is 7.35. The maximum absolute atomic E-state index is 6.15. The molecule has 0 radical (unpaired) electrons. The number of anilines is 1. The number of pyridine rings is 1. The standard InChI is InChI=1S/C21H19N5OS/c1-13-10-14(6-7-22-13)19-20(24-9-8-23-19)27-16-11-15(12-16)25-21-26-17-4-2-3-5-18(17)28-21/h2-10,15-16H,11-12H2,1H3,(H,25,26). The molecule has 6 nitrogen and oxygen atoms in total. The fraction of sp³-hybridized carbons (Fsp3) is 0.238. The lowest BCUT2D eigenvalue weighted by Crippen LogP contribution is -2.42. The number of nitrogens with one attached hydrogen (secondary N) is 1. The largest absolute Gasteiger partial charge is 0.473 e. The number of fused-ring (bicyclic) bond motifs is 1. The van der Waals surface area contributed by atoms with Gasteiger partial charge in [0.05, 0.1) is 10.2 Å². The van der Waals surface area contributed by atoms with Crippen LogP contribution in [0, 0.1) is 6.92 Å². The second-order valence-corrected chi connectivity index (χ2v) is 7.97. The molecule has 0 aliphatic heterocycles. The normalized spacial score (nSPS) is 18.6. The van der Waals surface area contributed by atoms with Crippen molar-refractivity contribution < 1.29 is 4.74 Å². The van der Waals surface area contributed by atoms with E-state index in [1.165, 1.54) is 4.70 Å². The van der Waals surface area contributed by atoms with Gasteiger partial charge in [0.2, 0.25) is 5.88 Å². The SMILES string of the molecule is Cc1cc(-c2nccnc2OC2CC(Nc3nc4ccccc4s3)C2)ccn1. The van der Waals surface area contributed by atoms with Gasteiger partial charge in [-0.3, -0.25) is 4.98 Å². The van der Waals surface area contributed by atoms with E-state index in [0.717, 1.165) is 40.4 Å². The Labute approximate surface area is 166 Å². The van der Waals surface area contributed by atoms with Crippen LogP contribution in [0.3, 0.4) is 0 Å². The Hall–Kier alpha value is -3.06. The number of thiazole rings is 1. The summed E-state index contributed by atoms with van der Waals surface area (Å²) >= 11 is 1.69. The van der Waals surface area contributed by atoms with Crippen LogP contribution >= 0.6 is 11.3 Å². The van der Waals surface area contributed by atoms with Crippen LogP contribution in [0.25, 0.3) is 21.5 Å². The second-order valence-electron chi connectivity index (χ2n) is 6.94. The Morgan fingerprint density at radius 1 is 1.04 bits per heavy atom. The summed E-state index contributed by atoms with van der Waals surface area (Å²) in [5.41, 5.74) is 3.71. The molecule has 4 aromatic rings. The maximum atomic E-state index is 6.15. The van der Waals surface area contributed by atoms with E-state index in [0.29, 0.717) is 11.9 Å². The Kier molecular flexibility index (Phi) is 4.37. The minimum Gasteiger partial charge on any atom is -0.473 e. The minimum absolute atomic E-state index is 0.130. The third kappa shape index (κ3) is 3.41. The topological polar surface area (TPSA) is 72.8 Å². The van der Waals surface area contributed by atoms with Crippen LogP contribution in [0.1, 0.15) is 18.5 Å². The molecular weight excluding hydrogens is 370 g/mol. The molecule has 5 rings (SSSR count). The first-order valence-electron chi connectivity index (χ1n) is 9.27. The van der Waals surface area contributed by atoms with E-state index in [1.54, 1.807) is 29.9 Å². The highest BCUT2D eigenvalue weighted by atomic mass is 32.1. The number of aryl methyl sites for hydroxylation is 1. The molecule has 1 aromatic carbocycles. The number of nitrogens with zero attached hydrogens (tertiary/aromatic N) is 4. The van der Waals surface area contributed by atoms with Crippen molar-refractivity contribution in [3.8, 4) is 17.1 Å². The highest BCUT2D eigenvalue weighted by molar-refractivity contribution is 7.22.